The standard InChI is InChI=1S/C8H8N4/c9-8-3-5-12(11-8)7-2-1-4-10-6-7/h1-6H,(H2,9,11)/p+1. The molecule has 2 rings (SSSR count). The molecule has 0 atom stereocenters. The van der Waals surface area contributed by atoms with Crippen molar-refractivity contribution in [3.05, 3.63) is 36.8 Å². The fourth-order valence-corrected chi connectivity index (χ4v) is 1.02. The largest absolute Gasteiger partial charge is 0.381 e. The maximum atomic E-state index is 5.52. The van der Waals surface area contributed by atoms with Crippen molar-refractivity contribution in [3.8, 4) is 5.69 Å². The summed E-state index contributed by atoms with van der Waals surface area (Å²) in [4.78, 5) is 3.99. The number of hydrogen-bond acceptors (Lipinski definition) is 2. The Kier molecular flexibility index (Phi) is 1.51. The highest BCUT2D eigenvalue weighted by atomic mass is 15.3. The van der Waals surface area contributed by atoms with Crippen LogP contribution in [0.5, 0.6) is 0 Å². The van der Waals surface area contributed by atoms with E-state index in [0.29, 0.717) is 5.82 Å². The lowest BCUT2D eigenvalue weighted by atomic mass is 10.4. The molecule has 2 aromatic rings. The van der Waals surface area contributed by atoms with Gasteiger partial charge in [0.25, 0.3) is 5.69 Å². The van der Waals surface area contributed by atoms with E-state index in [-0.39, 0.29) is 0 Å². The van der Waals surface area contributed by atoms with Crippen LogP contribution in [0.1, 0.15) is 0 Å². The number of nitrogens with zero attached hydrogens (tertiary/aromatic N) is 2. The third kappa shape index (κ3) is 1.14. The molecule has 12 heavy (non-hydrogen) atoms. The minimum Gasteiger partial charge on any atom is -0.381 e. The van der Waals surface area contributed by atoms with E-state index in [1.807, 2.05) is 23.0 Å². The number of rotatable bonds is 1. The molecule has 4 heteroatoms. The highest BCUT2D eigenvalue weighted by Crippen LogP contribution is 1.95. The van der Waals surface area contributed by atoms with Crippen molar-refractivity contribution < 1.29 is 4.68 Å². The van der Waals surface area contributed by atoms with Crippen LogP contribution >= 0.6 is 0 Å². The molecule has 0 radical (unpaired) electrons. The summed E-state index contributed by atoms with van der Waals surface area (Å²) in [5, 5.41) is 2.95. The molecular formula is C8H9N4+. The van der Waals surface area contributed by atoms with Gasteiger partial charge in [0.1, 0.15) is 6.20 Å². The number of pyridine rings is 1. The van der Waals surface area contributed by atoms with Crippen molar-refractivity contribution in [2.24, 2.45) is 0 Å². The molecule has 0 aliphatic carbocycles. The first-order valence-corrected chi connectivity index (χ1v) is 3.63. The highest BCUT2D eigenvalue weighted by molar-refractivity contribution is 5.23. The predicted molar refractivity (Wildman–Crippen MR) is 44.5 cm³/mol. The van der Waals surface area contributed by atoms with E-state index in [9.17, 15) is 0 Å². The second-order valence-electron chi connectivity index (χ2n) is 2.46. The highest BCUT2D eigenvalue weighted by Gasteiger charge is 2.05. The molecule has 0 amide bonds. The Labute approximate surface area is 69.7 Å². The lowest BCUT2D eigenvalue weighted by molar-refractivity contribution is -0.654. The van der Waals surface area contributed by atoms with Crippen LogP contribution in [0, 0.1) is 0 Å². The smallest absolute Gasteiger partial charge is 0.253 e. The van der Waals surface area contributed by atoms with Crippen LogP contribution in [0.3, 0.4) is 0 Å². The Morgan fingerprint density at radius 1 is 1.42 bits per heavy atom. The number of aromatic nitrogens is 3. The van der Waals surface area contributed by atoms with Crippen LogP contribution in [0.15, 0.2) is 36.8 Å². The zero-order valence-corrected chi connectivity index (χ0v) is 6.44. The molecule has 2 heterocycles. The zero-order valence-electron chi connectivity index (χ0n) is 6.44. The van der Waals surface area contributed by atoms with E-state index < -0.39 is 0 Å². The fourth-order valence-electron chi connectivity index (χ4n) is 1.02. The number of aromatic amines is 1. The predicted octanol–water partition coefficient (Wildman–Crippen LogP) is 0.269. The Hall–Kier alpha value is -1.84. The average Bonchev–Trinajstić information content (AvgIpc) is 2.54. The Morgan fingerprint density at radius 2 is 2.33 bits per heavy atom. The van der Waals surface area contributed by atoms with Crippen LogP contribution in [0.4, 0.5) is 5.82 Å². The van der Waals surface area contributed by atoms with Gasteiger partial charge in [-0.15, -0.1) is 5.10 Å². The Balaban J connectivity index is 2.45. The first-order chi connectivity index (χ1) is 5.86. The van der Waals surface area contributed by atoms with E-state index in [0.717, 1.165) is 5.69 Å². The monoisotopic (exact) mass is 161 g/mol. The van der Waals surface area contributed by atoms with Crippen molar-refractivity contribution in [2.45, 2.75) is 0 Å². The molecule has 60 valence electrons. The van der Waals surface area contributed by atoms with Gasteiger partial charge < -0.3 is 5.73 Å². The maximum absolute atomic E-state index is 5.52. The SMILES string of the molecule is Nc1cc[n+](-c2cccnc2)[nH]1. The maximum Gasteiger partial charge on any atom is 0.253 e. The molecule has 0 aliphatic heterocycles. The zero-order chi connectivity index (χ0) is 8.39. The van der Waals surface area contributed by atoms with Gasteiger partial charge in [0.15, 0.2) is 5.82 Å². The molecule has 4 nitrogen and oxygen atoms in total. The summed E-state index contributed by atoms with van der Waals surface area (Å²) in [6.07, 6.45) is 5.35. The summed E-state index contributed by atoms with van der Waals surface area (Å²) >= 11 is 0. The van der Waals surface area contributed by atoms with Gasteiger partial charge in [-0.1, -0.05) is 4.68 Å². The number of anilines is 1. The second-order valence-corrected chi connectivity index (χ2v) is 2.46. The van der Waals surface area contributed by atoms with Crippen molar-refractivity contribution in [3.63, 3.8) is 0 Å². The van der Waals surface area contributed by atoms with E-state index in [1.54, 1.807) is 18.5 Å². The molecule has 0 aromatic carbocycles. The van der Waals surface area contributed by atoms with Gasteiger partial charge in [-0.3, -0.25) is 4.98 Å². The van der Waals surface area contributed by atoms with Gasteiger partial charge in [0.05, 0.1) is 6.07 Å². The average molecular weight is 161 g/mol. The van der Waals surface area contributed by atoms with Gasteiger partial charge in [0, 0.05) is 12.3 Å². The first kappa shape index (κ1) is 6.84. The molecular weight excluding hydrogens is 152 g/mol. The van der Waals surface area contributed by atoms with E-state index in [4.69, 9.17) is 5.73 Å². The second kappa shape index (κ2) is 2.65. The van der Waals surface area contributed by atoms with Crippen molar-refractivity contribution in [1.82, 2.24) is 10.1 Å². The summed E-state index contributed by atoms with van der Waals surface area (Å²) in [5.41, 5.74) is 6.49. The summed E-state index contributed by atoms with van der Waals surface area (Å²) in [7, 11) is 0. The Morgan fingerprint density at radius 3 is 2.92 bits per heavy atom. The van der Waals surface area contributed by atoms with Crippen molar-refractivity contribution in [1.29, 1.82) is 0 Å². The minimum absolute atomic E-state index is 0.638. The fraction of sp³-hybridized carbons (Fsp3) is 0. The number of H-pyrrole nitrogens is 1. The van der Waals surface area contributed by atoms with Crippen LogP contribution < -0.4 is 10.4 Å². The molecule has 0 fully saturated rings. The molecule has 0 unspecified atom stereocenters. The molecule has 0 saturated heterocycles. The third-order valence-corrected chi connectivity index (χ3v) is 1.58. The van der Waals surface area contributed by atoms with Gasteiger partial charge in [0.2, 0.25) is 6.20 Å². The number of nitrogens with two attached hydrogens (primary N) is 1. The van der Waals surface area contributed by atoms with E-state index >= 15 is 0 Å². The first-order valence-electron chi connectivity index (χ1n) is 3.63. The molecule has 0 aliphatic rings. The summed E-state index contributed by atoms with van der Waals surface area (Å²) < 4.78 is 1.81. The molecule has 0 spiro atoms. The minimum atomic E-state index is 0.638. The van der Waals surface area contributed by atoms with Crippen molar-refractivity contribution >= 4 is 5.82 Å². The normalized spacial score (nSPS) is 10.0. The van der Waals surface area contributed by atoms with Gasteiger partial charge in [-0.25, -0.2) is 0 Å². The number of nitrogen functional groups attached to an aromatic ring is 1. The Bertz CT molecular complexity index is 366. The quantitative estimate of drug-likeness (QED) is 0.590. The van der Waals surface area contributed by atoms with Crippen LogP contribution in [0.25, 0.3) is 5.69 Å². The van der Waals surface area contributed by atoms with Gasteiger partial charge in [-0.2, -0.15) is 0 Å². The number of nitrogens with one attached hydrogen (secondary N) is 1. The van der Waals surface area contributed by atoms with Gasteiger partial charge in [-0.05, 0) is 6.07 Å². The van der Waals surface area contributed by atoms with Gasteiger partial charge >= 0.3 is 0 Å². The summed E-state index contributed by atoms with van der Waals surface area (Å²) in [5.74, 6) is 0.638. The summed E-state index contributed by atoms with van der Waals surface area (Å²) in [6.45, 7) is 0. The van der Waals surface area contributed by atoms with E-state index in [1.165, 1.54) is 0 Å². The van der Waals surface area contributed by atoms with Crippen LogP contribution in [0.2, 0.25) is 0 Å². The molecule has 2 aromatic heterocycles. The van der Waals surface area contributed by atoms with Crippen LogP contribution in [-0.4, -0.2) is 10.1 Å². The number of hydrogen-bond donors (Lipinski definition) is 2. The molecule has 3 N–H and O–H groups in total. The topological polar surface area (TPSA) is 58.6 Å². The summed E-state index contributed by atoms with van der Waals surface area (Å²) in [6, 6.07) is 5.62. The van der Waals surface area contributed by atoms with E-state index in [2.05, 4.69) is 10.1 Å². The van der Waals surface area contributed by atoms with Crippen LogP contribution in [-0.2, 0) is 0 Å². The lowest BCUT2D eigenvalue weighted by Gasteiger charge is -1.87. The third-order valence-electron chi connectivity index (χ3n) is 1.58. The lowest BCUT2D eigenvalue weighted by Crippen LogP contribution is -2.31. The van der Waals surface area contributed by atoms with Crippen molar-refractivity contribution in [2.75, 3.05) is 5.73 Å². The molecule has 0 saturated carbocycles. The molecule has 0 bridgehead atoms.